The Morgan fingerprint density at radius 2 is 0.971 bits per heavy atom. The molecule has 2 aromatic carbocycles. The Morgan fingerprint density at radius 1 is 0.583 bits per heavy atom. The average Bonchev–Trinajstić information content (AvgIpc) is 1.64. The molecule has 8 amide bonds. The van der Waals surface area contributed by atoms with Crippen molar-refractivity contribution in [3.05, 3.63) is 104 Å². The molecule has 2 aliphatic carbocycles. The third kappa shape index (κ3) is 19.9. The lowest BCUT2D eigenvalue weighted by Gasteiger charge is -2.36. The molecule has 31 heteroatoms. The summed E-state index contributed by atoms with van der Waals surface area (Å²) in [5.74, 6) is -4.21. The van der Waals surface area contributed by atoms with Gasteiger partial charge in [0, 0.05) is 53.1 Å². The number of hydrogen-bond acceptors (Lipinski definition) is 20. The number of fused-ring (bicyclic) bond motifs is 6. The van der Waals surface area contributed by atoms with Gasteiger partial charge in [-0.3, -0.25) is 38.2 Å². The van der Waals surface area contributed by atoms with Crippen LogP contribution in [0.25, 0.3) is 43.7 Å². The third-order valence-corrected chi connectivity index (χ3v) is 21.3. The Kier molecular flexibility index (Phi) is 23.9. The number of nitrogens with zero attached hydrogens (tertiary/aromatic N) is 4. The summed E-state index contributed by atoms with van der Waals surface area (Å²) in [6.07, 6.45) is 4.04. The van der Waals surface area contributed by atoms with Gasteiger partial charge in [0.1, 0.15) is 68.7 Å². The average molecular weight is 1490 g/mol. The number of hydrogen-bond donors (Lipinski definition) is 7. The zero-order valence-electron chi connectivity index (χ0n) is 60.6. The molecule has 7 N–H and O–H groups in total. The van der Waals surface area contributed by atoms with Crippen LogP contribution in [0.15, 0.2) is 107 Å². The number of carbonyl (C=O) groups is 8. The first kappa shape index (κ1) is 79.8. The van der Waals surface area contributed by atoms with Crippen LogP contribution < -0.4 is 35.4 Å². The molecule has 10 rings (SSSR count). The minimum absolute atomic E-state index is 0.00747. The molecule has 4 fully saturated rings. The molecule has 2 aliphatic heterocycles. The zero-order valence-corrected chi connectivity index (χ0v) is 62.9. The van der Waals surface area contributed by atoms with Crippen molar-refractivity contribution in [2.45, 2.75) is 217 Å². The number of aliphatic hydroxyl groups excluding tert-OH is 1. The summed E-state index contributed by atoms with van der Waals surface area (Å²) >= 11 is 6.04. The van der Waals surface area contributed by atoms with E-state index in [1.165, 1.54) is 42.1 Å². The highest BCUT2D eigenvalue weighted by Gasteiger charge is 2.51. The van der Waals surface area contributed by atoms with Gasteiger partial charge in [0.05, 0.1) is 35.7 Å². The summed E-state index contributed by atoms with van der Waals surface area (Å²) < 4.78 is 82.3. The van der Waals surface area contributed by atoms with Crippen molar-refractivity contribution in [1.82, 2.24) is 50.5 Å². The van der Waals surface area contributed by atoms with Crippen LogP contribution in [0.3, 0.4) is 0 Å². The minimum atomic E-state index is -3.93. The summed E-state index contributed by atoms with van der Waals surface area (Å²) in [6.45, 7) is 30.5. The molecule has 4 aromatic heterocycles. The normalized spacial score (nSPS) is 19.7. The Morgan fingerprint density at radius 3 is 1.38 bits per heavy atom. The number of aliphatic hydroxyl groups is 1. The number of rotatable bonds is 20. The third-order valence-electron chi connectivity index (χ3n) is 17.4. The van der Waals surface area contributed by atoms with Crippen LogP contribution in [0.1, 0.15) is 148 Å². The number of aromatic nitrogens is 2. The fourth-order valence-corrected chi connectivity index (χ4v) is 14.8. The largest absolute Gasteiger partial charge is 0.472 e. The van der Waals surface area contributed by atoms with Crippen molar-refractivity contribution in [2.24, 2.45) is 10.8 Å². The van der Waals surface area contributed by atoms with Crippen molar-refractivity contribution in [3.8, 4) is 5.88 Å². The van der Waals surface area contributed by atoms with E-state index in [0.717, 1.165) is 27.3 Å². The Hall–Kier alpha value is -8.87. The first-order chi connectivity index (χ1) is 47.8. The number of carbonyl (C=O) groups excluding carboxylic acids is 8. The number of likely N-dealkylation sites (tertiary alicyclic amines) is 2. The van der Waals surface area contributed by atoms with E-state index in [1.54, 1.807) is 95.4 Å². The number of β-amino-alcohol motifs (C(OH)–C–C–N with tert-alkyl or cyclic N) is 1. The molecule has 8 atom stereocenters. The maximum absolute atomic E-state index is 14.5. The van der Waals surface area contributed by atoms with E-state index in [4.69, 9.17) is 34.6 Å². The number of sulfonamides is 2. The Bertz CT molecular complexity index is 4470. The van der Waals surface area contributed by atoms with E-state index in [-0.39, 0.29) is 44.7 Å². The van der Waals surface area contributed by atoms with E-state index in [9.17, 15) is 60.3 Å². The van der Waals surface area contributed by atoms with Crippen molar-refractivity contribution >= 4 is 123 Å². The topological polar surface area (TPSA) is 383 Å². The van der Waals surface area contributed by atoms with Gasteiger partial charge < -0.3 is 59.2 Å². The predicted octanol–water partition coefficient (Wildman–Crippen LogP) is 8.91. The summed E-state index contributed by atoms with van der Waals surface area (Å²) in [5.41, 5.74) is -3.90. The highest BCUT2D eigenvalue weighted by molar-refractivity contribution is 7.91. The summed E-state index contributed by atoms with van der Waals surface area (Å²) in [5, 5.41) is 23.5. The number of furan rings is 2. The lowest BCUT2D eigenvalue weighted by molar-refractivity contribution is -0.143. The minimum Gasteiger partial charge on any atom is -0.472 e. The van der Waals surface area contributed by atoms with Gasteiger partial charge in [0.15, 0.2) is 11.2 Å². The number of pyridine rings is 2. The van der Waals surface area contributed by atoms with Crippen LogP contribution in [0.5, 0.6) is 5.88 Å². The van der Waals surface area contributed by atoms with Crippen LogP contribution in [-0.4, -0.2) is 172 Å². The molecule has 4 aliphatic rings. The molecule has 2 saturated carbocycles. The van der Waals surface area contributed by atoms with Crippen LogP contribution in [0, 0.1) is 10.8 Å². The van der Waals surface area contributed by atoms with Gasteiger partial charge in [0.2, 0.25) is 49.6 Å². The number of benzene rings is 2. The monoisotopic (exact) mass is 1490 g/mol. The van der Waals surface area contributed by atoms with Crippen LogP contribution >= 0.6 is 11.6 Å². The first-order valence-electron chi connectivity index (χ1n) is 33.9. The summed E-state index contributed by atoms with van der Waals surface area (Å²) in [6, 6.07) is 14.2. The maximum atomic E-state index is 14.5. The predicted molar refractivity (Wildman–Crippen MR) is 387 cm³/mol. The second kappa shape index (κ2) is 30.8. The number of amides is 8. The molecule has 28 nitrogen and oxygen atoms in total. The second-order valence-electron chi connectivity index (χ2n) is 30.9. The van der Waals surface area contributed by atoms with Gasteiger partial charge >= 0.3 is 12.2 Å². The lowest BCUT2D eigenvalue weighted by atomic mass is 9.85. The van der Waals surface area contributed by atoms with Crippen LogP contribution in [0.2, 0.25) is 5.15 Å². The van der Waals surface area contributed by atoms with Crippen molar-refractivity contribution < 1.29 is 83.3 Å². The second-order valence-corrected chi connectivity index (χ2v) is 35.2. The number of nitrogens with one attached hydrogen (secondary N) is 6. The molecule has 0 spiro atoms. The van der Waals surface area contributed by atoms with Crippen LogP contribution in [-0.2, 0) is 58.3 Å². The maximum Gasteiger partial charge on any atom is 0.408 e. The fraction of sp³-hybridized carbons (Fsp3) is 0.528. The van der Waals surface area contributed by atoms with E-state index in [0.29, 0.717) is 47.3 Å². The van der Waals surface area contributed by atoms with Crippen LogP contribution in [0.4, 0.5) is 9.59 Å². The molecule has 6 heterocycles. The fourth-order valence-electron chi connectivity index (χ4n) is 11.8. The van der Waals surface area contributed by atoms with Crippen molar-refractivity contribution in [1.29, 1.82) is 0 Å². The van der Waals surface area contributed by atoms with Gasteiger partial charge in [-0.2, -0.15) is 0 Å². The van der Waals surface area contributed by atoms with Gasteiger partial charge in [-0.05, 0) is 111 Å². The van der Waals surface area contributed by atoms with E-state index in [1.807, 2.05) is 59.3 Å². The highest BCUT2D eigenvalue weighted by atomic mass is 35.5. The van der Waals surface area contributed by atoms with Crippen molar-refractivity contribution in [2.75, 3.05) is 13.1 Å². The Balaban J connectivity index is 0.000000225. The SMILES string of the molecule is C=CC[C@@](C)(NC(=O)[C@@H]1C[C@@H](O)CN1C(=O)[C@@H](NC(=O)OC(C)(C)C)C(C)(C)C)C(=O)NS(=O)(=O)C1CC1.C=CC[C@@](C)(NC(=O)[C@@H]1C[C@@H](Oc2nc3ccoc3c3ccccc23)CN1C(=O)[C@@H](NC(=O)OC(C)(C)C)C(C)(C)C)C(=O)NS(=O)(=O)C1CC1.Clc1nc2ccoc2c2ccccc12. The van der Waals surface area contributed by atoms with E-state index in [2.05, 4.69) is 49.1 Å². The van der Waals surface area contributed by atoms with Crippen molar-refractivity contribution in [3.63, 3.8) is 0 Å². The molecular weight excluding hydrogens is 1390 g/mol. The van der Waals surface area contributed by atoms with E-state index >= 15 is 0 Å². The van der Waals surface area contributed by atoms with E-state index < -0.39 is 148 Å². The molecule has 560 valence electrons. The standard InChI is InChI=1S/C36H47N5O9S.C25H42N4O8S.C11H6ClNO/c1-9-17-36(8,32(44)40-51(46,47)22-14-15-22)39-29(42)26-19-21(49-30-24-13-11-10-12-23(24)27-25(37-30)16-18-48-27)20-41(26)31(43)28(34(2,3)4)38-33(45)50-35(5,6)7;1-9-12-25(8,21(33)28-38(35,36)16-10-11-16)27-19(31)17-13-15(30)14-29(17)20(32)18(23(2,3)4)26-22(34)37-24(5,6)7;12-11-8-4-2-1-3-7(8)10-9(13-11)5-6-14-10/h9-13,16,18,21-22,26,28H,1,14-15,17,19-20H2,2-8H3,(H,38,45)(H,39,42)(H,40,44);9,15-18,30H,1,10-14H2,2-8H3,(H,26,34)(H,27,31)(H,28,33);1-6H/t21-,26+,28-,36-;15-,17+,18-,25-;/m11./s1. The quantitative estimate of drug-likeness (QED) is 0.0277. The van der Waals surface area contributed by atoms with Gasteiger partial charge in [-0.15, -0.1) is 13.2 Å². The lowest BCUT2D eigenvalue weighted by Crippen LogP contribution is -2.62. The molecular formula is C72H95ClN10O18S2. The van der Waals surface area contributed by atoms with Gasteiger partial charge in [-0.1, -0.05) is 108 Å². The van der Waals surface area contributed by atoms with Gasteiger partial charge in [-0.25, -0.2) is 36.4 Å². The molecule has 0 radical (unpaired) electrons. The Labute approximate surface area is 604 Å². The molecule has 0 bridgehead atoms. The first-order valence-corrected chi connectivity index (χ1v) is 37.4. The number of halogens is 1. The molecule has 103 heavy (non-hydrogen) atoms. The number of alkyl carbamates (subject to hydrolysis) is 2. The molecule has 0 unspecified atom stereocenters. The smallest absolute Gasteiger partial charge is 0.408 e. The molecule has 6 aromatic rings. The van der Waals surface area contributed by atoms with Gasteiger partial charge in [0.25, 0.3) is 11.8 Å². The summed E-state index contributed by atoms with van der Waals surface area (Å²) in [4.78, 5) is 119. The zero-order chi connectivity index (χ0) is 76.3. The highest BCUT2D eigenvalue weighted by Crippen LogP contribution is 2.37. The number of ether oxygens (including phenoxy) is 3. The summed E-state index contributed by atoms with van der Waals surface area (Å²) in [7, 11) is -7.80. The molecule has 2 saturated heterocycles.